The van der Waals surface area contributed by atoms with Gasteiger partial charge in [-0.25, -0.2) is 4.39 Å². The first kappa shape index (κ1) is 15.4. The van der Waals surface area contributed by atoms with Crippen molar-refractivity contribution in [2.75, 3.05) is 7.05 Å². The summed E-state index contributed by atoms with van der Waals surface area (Å²) in [6.07, 6.45) is -3.29. The van der Waals surface area contributed by atoms with E-state index in [9.17, 15) is 17.6 Å². The highest BCUT2D eigenvalue weighted by atomic mass is 19.4. The van der Waals surface area contributed by atoms with Crippen LogP contribution in [0, 0.1) is 12.7 Å². The molecule has 1 unspecified atom stereocenters. The number of hydrogen-bond donors (Lipinski definition) is 1. The first-order valence-corrected chi connectivity index (χ1v) is 6.29. The quantitative estimate of drug-likeness (QED) is 0.870. The zero-order chi connectivity index (χ0) is 15.6. The second-order valence-electron chi connectivity index (χ2n) is 4.69. The molecule has 1 heterocycles. The number of halogens is 4. The Hall–Kier alpha value is -1.95. The van der Waals surface area contributed by atoms with Gasteiger partial charge >= 0.3 is 6.18 Å². The predicted molar refractivity (Wildman–Crippen MR) is 71.3 cm³/mol. The molecule has 1 N–H and O–H groups in total. The Morgan fingerprint density at radius 2 is 1.86 bits per heavy atom. The summed E-state index contributed by atoms with van der Waals surface area (Å²) < 4.78 is 51.0. The number of nitrogens with zero attached hydrogens (tertiary/aromatic N) is 1. The molecule has 1 aromatic carbocycles. The van der Waals surface area contributed by atoms with Crippen LogP contribution in [-0.4, -0.2) is 12.0 Å². The smallest absolute Gasteiger partial charge is 0.308 e. The fourth-order valence-electron chi connectivity index (χ4n) is 2.20. The summed E-state index contributed by atoms with van der Waals surface area (Å²) >= 11 is 0. The molecule has 21 heavy (non-hydrogen) atoms. The minimum atomic E-state index is -4.37. The highest BCUT2D eigenvalue weighted by Gasteiger charge is 2.31. The van der Waals surface area contributed by atoms with Crippen LogP contribution in [0.5, 0.6) is 0 Å². The molecule has 0 amide bonds. The van der Waals surface area contributed by atoms with Gasteiger partial charge in [0.1, 0.15) is 5.82 Å². The molecule has 1 atom stereocenters. The molecule has 0 radical (unpaired) electrons. The molecular formula is C15H14F4N2. The zero-order valence-electron chi connectivity index (χ0n) is 11.5. The topological polar surface area (TPSA) is 24.9 Å². The van der Waals surface area contributed by atoms with E-state index < -0.39 is 23.6 Å². The van der Waals surface area contributed by atoms with Crippen molar-refractivity contribution in [3.8, 4) is 0 Å². The summed E-state index contributed by atoms with van der Waals surface area (Å²) in [5, 5.41) is 2.99. The summed E-state index contributed by atoms with van der Waals surface area (Å²) in [5.74, 6) is -0.460. The number of pyridine rings is 1. The van der Waals surface area contributed by atoms with Gasteiger partial charge in [-0.3, -0.25) is 4.98 Å². The summed E-state index contributed by atoms with van der Waals surface area (Å²) in [5.41, 5.74) is 1.02. The van der Waals surface area contributed by atoms with Crippen molar-refractivity contribution in [2.45, 2.75) is 19.1 Å². The van der Waals surface area contributed by atoms with Gasteiger partial charge in [-0.1, -0.05) is 6.07 Å². The number of alkyl halides is 3. The largest absolute Gasteiger partial charge is 0.416 e. The minimum Gasteiger partial charge on any atom is -0.308 e. The lowest BCUT2D eigenvalue weighted by molar-refractivity contribution is -0.137. The van der Waals surface area contributed by atoms with E-state index in [0.29, 0.717) is 16.8 Å². The molecule has 0 saturated carbocycles. The molecule has 2 nitrogen and oxygen atoms in total. The standard InChI is InChI=1S/C15H14F4N2/c1-9-7-10(15(17,18)19)3-5-12(9)14(20-2)13-6-4-11(16)8-21-13/h3-8,14,20H,1-2H3. The second kappa shape index (κ2) is 5.81. The maximum absolute atomic E-state index is 12.9. The molecule has 112 valence electrons. The SMILES string of the molecule is CNC(c1ccc(F)cn1)c1ccc(C(F)(F)F)cc1C. The van der Waals surface area contributed by atoms with Gasteiger partial charge in [-0.2, -0.15) is 13.2 Å². The van der Waals surface area contributed by atoms with Crippen LogP contribution in [0.4, 0.5) is 17.6 Å². The number of aryl methyl sites for hydroxylation is 1. The fraction of sp³-hybridized carbons (Fsp3) is 0.267. The van der Waals surface area contributed by atoms with E-state index >= 15 is 0 Å². The normalized spacial score (nSPS) is 13.2. The van der Waals surface area contributed by atoms with Crippen molar-refractivity contribution >= 4 is 0 Å². The van der Waals surface area contributed by atoms with Crippen molar-refractivity contribution < 1.29 is 17.6 Å². The van der Waals surface area contributed by atoms with Crippen LogP contribution in [-0.2, 0) is 6.18 Å². The molecule has 0 spiro atoms. The van der Waals surface area contributed by atoms with E-state index in [1.807, 2.05) is 0 Å². The lowest BCUT2D eigenvalue weighted by Crippen LogP contribution is -2.20. The van der Waals surface area contributed by atoms with E-state index in [-0.39, 0.29) is 0 Å². The Bertz CT molecular complexity index is 621. The third-order valence-electron chi connectivity index (χ3n) is 3.24. The molecule has 6 heteroatoms. The Morgan fingerprint density at radius 1 is 1.14 bits per heavy atom. The van der Waals surface area contributed by atoms with E-state index in [2.05, 4.69) is 10.3 Å². The molecular weight excluding hydrogens is 284 g/mol. The lowest BCUT2D eigenvalue weighted by Gasteiger charge is -2.19. The molecule has 2 rings (SSSR count). The Labute approximate surface area is 119 Å². The van der Waals surface area contributed by atoms with Crippen molar-refractivity contribution in [3.63, 3.8) is 0 Å². The molecule has 0 aliphatic rings. The van der Waals surface area contributed by atoms with Crippen molar-refractivity contribution in [1.29, 1.82) is 0 Å². The van der Waals surface area contributed by atoms with Gasteiger partial charge in [0, 0.05) is 0 Å². The van der Waals surface area contributed by atoms with Crippen LogP contribution in [0.15, 0.2) is 36.5 Å². The zero-order valence-corrected chi connectivity index (χ0v) is 11.5. The maximum Gasteiger partial charge on any atom is 0.416 e. The first-order valence-electron chi connectivity index (χ1n) is 6.29. The average Bonchev–Trinajstić information content (AvgIpc) is 2.42. The van der Waals surface area contributed by atoms with Crippen LogP contribution in [0.1, 0.15) is 28.4 Å². The van der Waals surface area contributed by atoms with Gasteiger partial charge in [0.05, 0.1) is 23.5 Å². The third-order valence-corrected chi connectivity index (χ3v) is 3.24. The fourth-order valence-corrected chi connectivity index (χ4v) is 2.20. The minimum absolute atomic E-state index is 0.395. The number of rotatable bonds is 3. The Balaban J connectivity index is 2.41. The third kappa shape index (κ3) is 3.39. The average molecular weight is 298 g/mol. The van der Waals surface area contributed by atoms with Crippen LogP contribution < -0.4 is 5.32 Å². The van der Waals surface area contributed by atoms with Gasteiger partial charge in [0.25, 0.3) is 0 Å². The molecule has 0 bridgehead atoms. The van der Waals surface area contributed by atoms with E-state index in [1.54, 1.807) is 14.0 Å². The Morgan fingerprint density at radius 3 is 2.33 bits per heavy atom. The summed E-state index contributed by atoms with van der Waals surface area (Å²) in [7, 11) is 1.67. The molecule has 0 aliphatic carbocycles. The van der Waals surface area contributed by atoms with Crippen molar-refractivity contribution in [1.82, 2.24) is 10.3 Å². The van der Waals surface area contributed by atoms with Crippen LogP contribution in [0.2, 0.25) is 0 Å². The molecule has 1 aromatic heterocycles. The predicted octanol–water partition coefficient (Wildman–Crippen LogP) is 3.86. The molecule has 2 aromatic rings. The van der Waals surface area contributed by atoms with Gasteiger partial charge in [-0.05, 0) is 49.4 Å². The van der Waals surface area contributed by atoms with Crippen LogP contribution >= 0.6 is 0 Å². The summed E-state index contributed by atoms with van der Waals surface area (Å²) in [4.78, 5) is 3.98. The second-order valence-corrected chi connectivity index (χ2v) is 4.69. The summed E-state index contributed by atoms with van der Waals surface area (Å²) in [6.45, 7) is 1.61. The molecule has 0 saturated heterocycles. The highest BCUT2D eigenvalue weighted by molar-refractivity contribution is 5.38. The number of hydrogen-bond acceptors (Lipinski definition) is 2. The molecule has 0 aliphatic heterocycles. The van der Waals surface area contributed by atoms with Crippen LogP contribution in [0.25, 0.3) is 0 Å². The number of aromatic nitrogens is 1. The lowest BCUT2D eigenvalue weighted by atomic mass is 9.96. The summed E-state index contributed by atoms with van der Waals surface area (Å²) in [6, 6.07) is 5.94. The van der Waals surface area contributed by atoms with Gasteiger partial charge in [0.2, 0.25) is 0 Å². The van der Waals surface area contributed by atoms with E-state index in [1.165, 1.54) is 18.2 Å². The number of benzene rings is 1. The highest BCUT2D eigenvalue weighted by Crippen LogP contribution is 2.32. The van der Waals surface area contributed by atoms with Crippen molar-refractivity contribution in [3.05, 3.63) is 64.7 Å². The first-order chi connectivity index (χ1) is 9.82. The van der Waals surface area contributed by atoms with Gasteiger partial charge < -0.3 is 5.32 Å². The molecule has 0 fully saturated rings. The van der Waals surface area contributed by atoms with Crippen molar-refractivity contribution in [2.24, 2.45) is 0 Å². The Kier molecular flexibility index (Phi) is 4.27. The van der Waals surface area contributed by atoms with E-state index in [0.717, 1.165) is 18.3 Å². The maximum atomic E-state index is 12.9. The number of nitrogens with one attached hydrogen (secondary N) is 1. The van der Waals surface area contributed by atoms with Crippen LogP contribution in [0.3, 0.4) is 0 Å². The van der Waals surface area contributed by atoms with E-state index in [4.69, 9.17) is 0 Å². The monoisotopic (exact) mass is 298 g/mol. The van der Waals surface area contributed by atoms with Gasteiger partial charge in [-0.15, -0.1) is 0 Å². The van der Waals surface area contributed by atoms with Gasteiger partial charge in [0.15, 0.2) is 0 Å².